The van der Waals surface area contributed by atoms with Crippen molar-refractivity contribution in [1.29, 1.82) is 0 Å². The van der Waals surface area contributed by atoms with Gasteiger partial charge in [-0.1, -0.05) is 28.1 Å². The van der Waals surface area contributed by atoms with Gasteiger partial charge in [0.25, 0.3) is 0 Å². The summed E-state index contributed by atoms with van der Waals surface area (Å²) in [6, 6.07) is 4.06. The largest absolute Gasteiger partial charge is 0.418 e. The van der Waals surface area contributed by atoms with Gasteiger partial charge >= 0.3 is 6.18 Å². The van der Waals surface area contributed by atoms with Gasteiger partial charge in [-0.05, 0) is 24.1 Å². The van der Waals surface area contributed by atoms with Crippen molar-refractivity contribution in [3.63, 3.8) is 0 Å². The fraction of sp³-hybridized carbons (Fsp3) is 0.333. The quantitative estimate of drug-likeness (QED) is 0.828. The summed E-state index contributed by atoms with van der Waals surface area (Å²) in [6.07, 6.45) is -7.03. The average Bonchev–Trinajstić information content (AvgIpc) is 2.07. The van der Waals surface area contributed by atoms with Crippen molar-refractivity contribution < 1.29 is 18.3 Å². The summed E-state index contributed by atoms with van der Waals surface area (Å²) >= 11 is 3.10. The summed E-state index contributed by atoms with van der Waals surface area (Å²) in [5, 5.41) is 8.93. The predicted octanol–water partition coefficient (Wildman–Crippen LogP) is 3.35. The lowest BCUT2D eigenvalue weighted by Crippen LogP contribution is -2.20. The highest BCUT2D eigenvalue weighted by Crippen LogP contribution is 2.33. The summed E-state index contributed by atoms with van der Waals surface area (Å²) in [7, 11) is 0. The summed E-state index contributed by atoms with van der Waals surface area (Å²) in [5.41, 5.74) is 0.665. The molecule has 5 heteroatoms. The number of aliphatic hydroxyl groups is 1. The van der Waals surface area contributed by atoms with Crippen molar-refractivity contribution in [3.8, 4) is 0 Å². The first-order valence-corrected chi connectivity index (χ1v) is 4.62. The van der Waals surface area contributed by atoms with E-state index in [4.69, 9.17) is 5.11 Å². The topological polar surface area (TPSA) is 20.2 Å². The molecule has 1 atom stereocenters. The van der Waals surface area contributed by atoms with Gasteiger partial charge in [0.05, 0.1) is 0 Å². The van der Waals surface area contributed by atoms with Crippen molar-refractivity contribution in [1.82, 2.24) is 0 Å². The van der Waals surface area contributed by atoms with E-state index in [-0.39, 0.29) is 5.56 Å². The van der Waals surface area contributed by atoms with E-state index >= 15 is 0 Å². The Morgan fingerprint density at radius 2 is 1.93 bits per heavy atom. The van der Waals surface area contributed by atoms with Crippen molar-refractivity contribution >= 4 is 15.9 Å². The molecule has 0 saturated carbocycles. The summed E-state index contributed by atoms with van der Waals surface area (Å²) in [6.45, 7) is 1.76. The van der Waals surface area contributed by atoms with E-state index in [9.17, 15) is 13.2 Å². The van der Waals surface area contributed by atoms with Crippen molar-refractivity contribution in [2.24, 2.45) is 0 Å². The molecule has 1 nitrogen and oxygen atoms in total. The molecule has 0 radical (unpaired) electrons. The number of alkyl halides is 3. The van der Waals surface area contributed by atoms with Crippen LogP contribution in [-0.4, -0.2) is 11.3 Å². The molecule has 0 amide bonds. The van der Waals surface area contributed by atoms with Crippen LogP contribution in [0.15, 0.2) is 22.7 Å². The highest BCUT2D eigenvalue weighted by atomic mass is 79.9. The number of halogens is 4. The Bertz CT molecular complexity index is 335. The van der Waals surface area contributed by atoms with Crippen LogP contribution in [0.1, 0.15) is 17.2 Å². The molecule has 0 spiro atoms. The minimum Gasteiger partial charge on any atom is -0.379 e. The maximum absolute atomic E-state index is 12.1. The molecule has 0 aliphatic heterocycles. The van der Waals surface area contributed by atoms with Gasteiger partial charge in [-0.25, -0.2) is 0 Å². The first-order valence-electron chi connectivity index (χ1n) is 3.83. The van der Waals surface area contributed by atoms with Gasteiger partial charge < -0.3 is 5.11 Å². The number of aryl methyl sites for hydroxylation is 1. The third-order valence-corrected chi connectivity index (χ3v) is 2.68. The fourth-order valence-corrected chi connectivity index (χ4v) is 1.36. The van der Waals surface area contributed by atoms with Gasteiger partial charge in [0.2, 0.25) is 0 Å². The van der Waals surface area contributed by atoms with Gasteiger partial charge in [0.1, 0.15) is 0 Å². The van der Waals surface area contributed by atoms with Crippen LogP contribution in [0.2, 0.25) is 0 Å². The smallest absolute Gasteiger partial charge is 0.379 e. The van der Waals surface area contributed by atoms with Crippen molar-refractivity contribution in [2.75, 3.05) is 0 Å². The van der Waals surface area contributed by atoms with Crippen LogP contribution in [0, 0.1) is 6.92 Å². The molecule has 0 aliphatic rings. The van der Waals surface area contributed by atoms with Gasteiger partial charge in [-0.3, -0.25) is 0 Å². The maximum atomic E-state index is 12.1. The molecule has 1 aromatic rings. The van der Waals surface area contributed by atoms with Crippen LogP contribution in [0.5, 0.6) is 0 Å². The maximum Gasteiger partial charge on any atom is 0.418 e. The molecule has 0 aromatic heterocycles. The van der Waals surface area contributed by atoms with Crippen LogP contribution in [0.25, 0.3) is 0 Å². The number of aliphatic hydroxyl groups excluding tert-OH is 1. The average molecular weight is 269 g/mol. The van der Waals surface area contributed by atoms with Gasteiger partial charge in [0, 0.05) is 4.47 Å². The molecule has 78 valence electrons. The zero-order chi connectivity index (χ0) is 10.9. The second-order valence-corrected chi connectivity index (χ2v) is 3.81. The van der Waals surface area contributed by atoms with Crippen LogP contribution in [-0.2, 0) is 0 Å². The highest BCUT2D eigenvalue weighted by molar-refractivity contribution is 9.10. The third kappa shape index (κ3) is 2.48. The SMILES string of the molecule is Cc1ccc([C@@H](O)C(F)(F)F)cc1Br. The second-order valence-electron chi connectivity index (χ2n) is 2.95. The van der Waals surface area contributed by atoms with Crippen molar-refractivity contribution in [3.05, 3.63) is 33.8 Å². The van der Waals surface area contributed by atoms with Gasteiger partial charge in [0.15, 0.2) is 6.10 Å². The Labute approximate surface area is 87.7 Å². The van der Waals surface area contributed by atoms with E-state index in [1.165, 1.54) is 18.2 Å². The molecule has 1 N–H and O–H groups in total. The lowest BCUT2D eigenvalue weighted by Gasteiger charge is -2.15. The molecule has 0 saturated heterocycles. The fourth-order valence-electron chi connectivity index (χ4n) is 0.968. The zero-order valence-corrected chi connectivity index (χ0v) is 8.85. The minimum atomic E-state index is -4.62. The van der Waals surface area contributed by atoms with E-state index in [0.717, 1.165) is 5.56 Å². The molecule has 14 heavy (non-hydrogen) atoms. The van der Waals surface area contributed by atoms with Crippen molar-refractivity contribution in [2.45, 2.75) is 19.2 Å². The normalized spacial score (nSPS) is 14.1. The summed E-state index contributed by atoms with van der Waals surface area (Å²) < 4.78 is 36.9. The Balaban J connectivity index is 3.03. The number of hydrogen-bond donors (Lipinski definition) is 1. The first-order chi connectivity index (χ1) is 6.32. The Hall–Kier alpha value is -0.550. The third-order valence-electron chi connectivity index (χ3n) is 1.82. The van der Waals surface area contributed by atoms with E-state index in [0.29, 0.717) is 4.47 Å². The molecular formula is C9H8BrF3O. The van der Waals surface area contributed by atoms with E-state index in [2.05, 4.69) is 15.9 Å². The van der Waals surface area contributed by atoms with E-state index in [1.807, 2.05) is 0 Å². The Kier molecular flexibility index (Phi) is 3.21. The van der Waals surface area contributed by atoms with Gasteiger partial charge in [-0.15, -0.1) is 0 Å². The highest BCUT2D eigenvalue weighted by Gasteiger charge is 2.39. The molecule has 0 fully saturated rings. The minimum absolute atomic E-state index is 0.157. The molecule has 0 bridgehead atoms. The summed E-state index contributed by atoms with van der Waals surface area (Å²) in [4.78, 5) is 0. The van der Waals surface area contributed by atoms with E-state index < -0.39 is 12.3 Å². The van der Waals surface area contributed by atoms with Crippen LogP contribution >= 0.6 is 15.9 Å². The molecule has 1 aromatic carbocycles. The lowest BCUT2D eigenvalue weighted by atomic mass is 10.1. The molecule has 0 aliphatic carbocycles. The predicted molar refractivity (Wildman–Crippen MR) is 49.9 cm³/mol. The molecule has 0 unspecified atom stereocenters. The summed E-state index contributed by atoms with van der Waals surface area (Å²) in [5.74, 6) is 0. The molecule has 1 rings (SSSR count). The first kappa shape index (κ1) is 11.5. The Morgan fingerprint density at radius 1 is 1.36 bits per heavy atom. The van der Waals surface area contributed by atoms with E-state index in [1.54, 1.807) is 6.92 Å². The second kappa shape index (κ2) is 3.90. The van der Waals surface area contributed by atoms with Crippen LogP contribution < -0.4 is 0 Å². The van der Waals surface area contributed by atoms with Crippen LogP contribution in [0.4, 0.5) is 13.2 Å². The van der Waals surface area contributed by atoms with Crippen LogP contribution in [0.3, 0.4) is 0 Å². The molecule has 0 heterocycles. The number of benzene rings is 1. The lowest BCUT2D eigenvalue weighted by molar-refractivity contribution is -0.206. The number of rotatable bonds is 1. The van der Waals surface area contributed by atoms with Gasteiger partial charge in [-0.2, -0.15) is 13.2 Å². The standard InChI is InChI=1S/C9H8BrF3O/c1-5-2-3-6(4-7(5)10)8(14)9(11,12)13/h2-4,8,14H,1H3/t8-/m1/s1. The number of hydrogen-bond acceptors (Lipinski definition) is 1. The monoisotopic (exact) mass is 268 g/mol. The zero-order valence-electron chi connectivity index (χ0n) is 7.27. The Morgan fingerprint density at radius 3 is 2.36 bits per heavy atom. The molecular weight excluding hydrogens is 261 g/mol.